The predicted molar refractivity (Wildman–Crippen MR) is 79.9 cm³/mol. The lowest BCUT2D eigenvalue weighted by Crippen LogP contribution is -2.18. The highest BCUT2D eigenvalue weighted by molar-refractivity contribution is 7.13. The number of fused-ring (bicyclic) bond motifs is 1. The van der Waals surface area contributed by atoms with Crippen molar-refractivity contribution in [3.05, 3.63) is 41.6 Å². The topological polar surface area (TPSA) is 34.0 Å². The summed E-state index contributed by atoms with van der Waals surface area (Å²) in [5.41, 5.74) is 1.15. The number of halogens is 1. The number of aromatic nitrogens is 3. The third kappa shape index (κ3) is 2.31. The molecule has 6 heteroatoms. The Kier molecular flexibility index (Phi) is 3.16. The van der Waals surface area contributed by atoms with Crippen LogP contribution in [0, 0.1) is 0 Å². The van der Waals surface area contributed by atoms with Crippen molar-refractivity contribution in [1.29, 1.82) is 0 Å². The second-order valence-electron chi connectivity index (χ2n) is 4.46. The Bertz CT molecular complexity index is 718. The van der Waals surface area contributed by atoms with Crippen LogP contribution in [0.3, 0.4) is 0 Å². The maximum atomic E-state index is 6.00. The Hall–Kier alpha value is -1.59. The van der Waals surface area contributed by atoms with Gasteiger partial charge in [0.2, 0.25) is 0 Å². The fraction of sp³-hybridized carbons (Fsp3) is 0.231. The van der Waals surface area contributed by atoms with E-state index in [-0.39, 0.29) is 0 Å². The van der Waals surface area contributed by atoms with Crippen molar-refractivity contribution in [3.63, 3.8) is 0 Å². The molecular weight excluding hydrogens is 280 g/mol. The minimum Gasteiger partial charge on any atom is -0.367 e. The van der Waals surface area contributed by atoms with E-state index < -0.39 is 0 Å². The third-order valence-corrected chi connectivity index (χ3v) is 4.31. The first kappa shape index (κ1) is 12.4. The van der Waals surface area contributed by atoms with Gasteiger partial charge in [-0.25, -0.2) is 4.98 Å². The predicted octanol–water partition coefficient (Wildman–Crippen LogP) is 3.32. The number of hydrogen-bond donors (Lipinski definition) is 0. The molecule has 0 amide bonds. The van der Waals surface area contributed by atoms with Gasteiger partial charge in [0.1, 0.15) is 11.0 Å². The van der Waals surface area contributed by atoms with Crippen molar-refractivity contribution in [3.8, 4) is 0 Å². The fourth-order valence-electron chi connectivity index (χ4n) is 1.97. The molecule has 0 saturated carbocycles. The molecule has 2 aromatic heterocycles. The third-order valence-electron chi connectivity index (χ3n) is 3.18. The summed E-state index contributed by atoms with van der Waals surface area (Å²) in [4.78, 5) is 6.46. The van der Waals surface area contributed by atoms with Gasteiger partial charge in [-0.15, -0.1) is 0 Å². The molecular formula is C13H13ClN4S. The van der Waals surface area contributed by atoms with Crippen molar-refractivity contribution in [1.82, 2.24) is 13.9 Å². The Labute approximate surface area is 120 Å². The van der Waals surface area contributed by atoms with E-state index in [4.69, 9.17) is 11.6 Å². The van der Waals surface area contributed by atoms with Crippen LogP contribution in [0.2, 0.25) is 5.15 Å². The zero-order valence-corrected chi connectivity index (χ0v) is 12.2. The molecule has 0 unspecified atom stereocenters. The van der Waals surface area contributed by atoms with Crippen molar-refractivity contribution >= 4 is 38.9 Å². The van der Waals surface area contributed by atoms with Gasteiger partial charge in [-0.3, -0.25) is 0 Å². The van der Waals surface area contributed by atoms with Gasteiger partial charge >= 0.3 is 0 Å². The highest BCUT2D eigenvalue weighted by Gasteiger charge is 2.09. The van der Waals surface area contributed by atoms with E-state index in [1.165, 1.54) is 21.6 Å². The molecule has 0 aliphatic carbocycles. The summed E-state index contributed by atoms with van der Waals surface area (Å²) in [5.74, 6) is 0.941. The number of rotatable bonds is 3. The molecule has 4 nitrogen and oxygen atoms in total. The first-order valence-corrected chi connectivity index (χ1v) is 7.02. The zero-order valence-electron chi connectivity index (χ0n) is 10.7. The number of benzene rings is 1. The van der Waals surface area contributed by atoms with Crippen LogP contribution in [0.25, 0.3) is 10.1 Å². The van der Waals surface area contributed by atoms with Crippen LogP contribution in [-0.4, -0.2) is 21.0 Å². The molecule has 0 N–H and O–H groups in total. The molecule has 0 atom stereocenters. The standard InChI is InChI=1S/C13H13ClN4S/c1-17(8-13-15-7-12(14)18(13)2)10-3-4-11-9(5-10)6-16-19-11/h3-7H,8H2,1-2H3. The first-order chi connectivity index (χ1) is 9.15. The summed E-state index contributed by atoms with van der Waals surface area (Å²) in [6.45, 7) is 0.715. The van der Waals surface area contributed by atoms with Crippen molar-refractivity contribution in [2.45, 2.75) is 6.54 Å². The highest BCUT2D eigenvalue weighted by atomic mass is 35.5. The lowest BCUT2D eigenvalue weighted by molar-refractivity contribution is 0.762. The number of anilines is 1. The van der Waals surface area contributed by atoms with Gasteiger partial charge in [-0.1, -0.05) is 11.6 Å². The molecule has 3 rings (SSSR count). The molecule has 0 fully saturated rings. The highest BCUT2D eigenvalue weighted by Crippen LogP contribution is 2.24. The van der Waals surface area contributed by atoms with Gasteiger partial charge in [-0.2, -0.15) is 4.37 Å². The maximum absolute atomic E-state index is 6.00. The van der Waals surface area contributed by atoms with Crippen LogP contribution in [0.5, 0.6) is 0 Å². The van der Waals surface area contributed by atoms with Crippen molar-refractivity contribution in [2.24, 2.45) is 7.05 Å². The van der Waals surface area contributed by atoms with Crippen molar-refractivity contribution in [2.75, 3.05) is 11.9 Å². The van der Waals surface area contributed by atoms with E-state index in [1.807, 2.05) is 24.9 Å². The van der Waals surface area contributed by atoms with Crippen LogP contribution in [0.1, 0.15) is 5.82 Å². The minimum absolute atomic E-state index is 0.654. The summed E-state index contributed by atoms with van der Waals surface area (Å²) in [5, 5.41) is 1.83. The quantitative estimate of drug-likeness (QED) is 0.742. The van der Waals surface area contributed by atoms with Gasteiger partial charge in [0.05, 0.1) is 17.4 Å². The summed E-state index contributed by atoms with van der Waals surface area (Å²) in [6, 6.07) is 6.35. The van der Waals surface area contributed by atoms with Crippen LogP contribution in [-0.2, 0) is 13.6 Å². The molecule has 19 heavy (non-hydrogen) atoms. The molecule has 1 aromatic carbocycles. The van der Waals surface area contributed by atoms with Crippen LogP contribution in [0.4, 0.5) is 5.69 Å². The van der Waals surface area contributed by atoms with E-state index >= 15 is 0 Å². The molecule has 0 saturated heterocycles. The van der Waals surface area contributed by atoms with Gasteiger partial charge < -0.3 is 9.47 Å². The zero-order chi connectivity index (χ0) is 13.4. The SMILES string of the molecule is CN(Cc1ncc(Cl)n1C)c1ccc2sncc2c1. The van der Waals surface area contributed by atoms with Gasteiger partial charge in [0.25, 0.3) is 0 Å². The normalized spacial score (nSPS) is 11.1. The van der Waals surface area contributed by atoms with Gasteiger partial charge in [0.15, 0.2) is 0 Å². The van der Waals surface area contributed by atoms with E-state index in [0.29, 0.717) is 11.7 Å². The Balaban J connectivity index is 1.86. The molecule has 3 aromatic rings. The molecule has 98 valence electrons. The lowest BCUT2D eigenvalue weighted by Gasteiger charge is -2.19. The van der Waals surface area contributed by atoms with Gasteiger partial charge in [0, 0.05) is 31.4 Å². The molecule has 0 aliphatic heterocycles. The van der Waals surface area contributed by atoms with E-state index in [0.717, 1.165) is 11.5 Å². The maximum Gasteiger partial charge on any atom is 0.129 e. The monoisotopic (exact) mass is 292 g/mol. The average molecular weight is 293 g/mol. The van der Waals surface area contributed by atoms with Crippen LogP contribution >= 0.6 is 23.1 Å². The van der Waals surface area contributed by atoms with Crippen molar-refractivity contribution < 1.29 is 0 Å². The fourth-order valence-corrected chi connectivity index (χ4v) is 2.74. The Morgan fingerprint density at radius 2 is 2.21 bits per heavy atom. The summed E-state index contributed by atoms with van der Waals surface area (Å²) >= 11 is 7.51. The van der Waals surface area contributed by atoms with Crippen LogP contribution < -0.4 is 4.90 Å². The average Bonchev–Trinajstić information content (AvgIpc) is 2.99. The second kappa shape index (κ2) is 4.83. The van der Waals surface area contributed by atoms with E-state index in [9.17, 15) is 0 Å². The molecule has 0 spiro atoms. The summed E-state index contributed by atoms with van der Waals surface area (Å²) in [6.07, 6.45) is 3.58. The summed E-state index contributed by atoms with van der Waals surface area (Å²) < 4.78 is 7.29. The summed E-state index contributed by atoms with van der Waals surface area (Å²) in [7, 11) is 3.97. The first-order valence-electron chi connectivity index (χ1n) is 5.87. The van der Waals surface area contributed by atoms with Gasteiger partial charge in [-0.05, 0) is 29.7 Å². The number of imidazole rings is 1. The Morgan fingerprint density at radius 3 is 2.95 bits per heavy atom. The second-order valence-corrected chi connectivity index (χ2v) is 5.68. The molecule has 0 radical (unpaired) electrons. The Morgan fingerprint density at radius 1 is 1.37 bits per heavy atom. The molecule has 0 bridgehead atoms. The smallest absolute Gasteiger partial charge is 0.129 e. The lowest BCUT2D eigenvalue weighted by atomic mass is 10.2. The molecule has 0 aliphatic rings. The van der Waals surface area contributed by atoms with Crippen LogP contribution in [0.15, 0.2) is 30.6 Å². The molecule has 2 heterocycles. The van der Waals surface area contributed by atoms with E-state index in [2.05, 4.69) is 32.5 Å². The minimum atomic E-state index is 0.654. The largest absolute Gasteiger partial charge is 0.367 e. The number of nitrogens with zero attached hydrogens (tertiary/aromatic N) is 4. The van der Waals surface area contributed by atoms with E-state index in [1.54, 1.807) is 6.20 Å². The number of hydrogen-bond acceptors (Lipinski definition) is 4.